The van der Waals surface area contributed by atoms with Crippen molar-refractivity contribution in [3.63, 3.8) is 0 Å². The molecule has 0 aliphatic carbocycles. The fourth-order valence-electron chi connectivity index (χ4n) is 3.98. The minimum atomic E-state index is 0.132. The number of H-pyrrole nitrogens is 1. The number of fused-ring (bicyclic) bond motifs is 1. The van der Waals surface area contributed by atoms with E-state index in [1.54, 1.807) is 13.3 Å². The first-order chi connectivity index (χ1) is 13.6. The number of aromatic amines is 1. The van der Waals surface area contributed by atoms with Gasteiger partial charge in [0.25, 0.3) is 0 Å². The van der Waals surface area contributed by atoms with Gasteiger partial charge < -0.3 is 9.47 Å². The van der Waals surface area contributed by atoms with Crippen molar-refractivity contribution in [3.8, 4) is 11.5 Å². The summed E-state index contributed by atoms with van der Waals surface area (Å²) < 4.78 is 11.3. The van der Waals surface area contributed by atoms with E-state index in [4.69, 9.17) is 9.47 Å². The number of nitrogens with zero attached hydrogens (tertiary/aromatic N) is 3. The summed E-state index contributed by atoms with van der Waals surface area (Å²) in [4.78, 5) is 6.84. The molecule has 1 saturated heterocycles. The van der Waals surface area contributed by atoms with E-state index in [9.17, 15) is 0 Å². The summed E-state index contributed by atoms with van der Waals surface area (Å²) in [6.07, 6.45) is 4.17. The van der Waals surface area contributed by atoms with Crippen LogP contribution in [0.15, 0.2) is 36.5 Å². The van der Waals surface area contributed by atoms with Gasteiger partial charge in [-0.15, -0.1) is 0 Å². The molecule has 148 valence electrons. The van der Waals surface area contributed by atoms with Gasteiger partial charge in [-0.05, 0) is 69.6 Å². The predicted molar refractivity (Wildman–Crippen MR) is 110 cm³/mol. The van der Waals surface area contributed by atoms with Crippen LogP contribution in [0.3, 0.4) is 0 Å². The highest BCUT2D eigenvalue weighted by atomic mass is 16.5. The first-order valence-electron chi connectivity index (χ1n) is 9.99. The zero-order valence-electron chi connectivity index (χ0n) is 16.8. The van der Waals surface area contributed by atoms with E-state index in [1.807, 2.05) is 26.0 Å². The number of ether oxygens (including phenoxy) is 2. The third-order valence-electron chi connectivity index (χ3n) is 5.35. The Morgan fingerprint density at radius 1 is 1.18 bits per heavy atom. The van der Waals surface area contributed by atoms with Crippen LogP contribution in [0.25, 0.3) is 11.0 Å². The number of benzene rings is 1. The average Bonchev–Trinajstić information content (AvgIpc) is 3.13. The lowest BCUT2D eigenvalue weighted by molar-refractivity contribution is 0.203. The fourth-order valence-corrected chi connectivity index (χ4v) is 3.98. The minimum absolute atomic E-state index is 0.132. The number of hydrogen-bond acceptors (Lipinski definition) is 5. The molecule has 1 aliphatic heterocycles. The number of rotatable bonds is 6. The number of aromatic nitrogens is 3. The van der Waals surface area contributed by atoms with Crippen molar-refractivity contribution < 1.29 is 9.47 Å². The number of piperidine rings is 1. The molecular formula is C22H28N4O2. The first-order valence-corrected chi connectivity index (χ1v) is 9.99. The van der Waals surface area contributed by atoms with Gasteiger partial charge in [0, 0.05) is 29.7 Å². The van der Waals surface area contributed by atoms with Crippen LogP contribution in [-0.2, 0) is 6.54 Å². The van der Waals surface area contributed by atoms with Crippen LogP contribution in [0, 0.1) is 0 Å². The predicted octanol–water partition coefficient (Wildman–Crippen LogP) is 4.13. The summed E-state index contributed by atoms with van der Waals surface area (Å²) in [5.41, 5.74) is 3.30. The number of hydrogen-bond donors (Lipinski definition) is 1. The van der Waals surface area contributed by atoms with Gasteiger partial charge in [0.05, 0.1) is 13.2 Å². The van der Waals surface area contributed by atoms with E-state index >= 15 is 0 Å². The molecule has 2 aromatic heterocycles. The van der Waals surface area contributed by atoms with Crippen molar-refractivity contribution in [1.82, 2.24) is 20.1 Å². The maximum absolute atomic E-state index is 5.82. The van der Waals surface area contributed by atoms with Crippen LogP contribution >= 0.6 is 0 Å². The Balaban J connectivity index is 1.39. The molecule has 1 aromatic carbocycles. The summed E-state index contributed by atoms with van der Waals surface area (Å²) in [6.45, 7) is 7.11. The number of nitrogens with one attached hydrogen (secondary N) is 1. The second-order valence-electron chi connectivity index (χ2n) is 7.71. The Labute approximate surface area is 165 Å². The summed E-state index contributed by atoms with van der Waals surface area (Å²) in [5, 5.41) is 8.73. The molecule has 1 aliphatic rings. The zero-order valence-corrected chi connectivity index (χ0v) is 16.8. The van der Waals surface area contributed by atoms with Crippen LogP contribution in [0.1, 0.15) is 43.9 Å². The molecule has 6 nitrogen and oxygen atoms in total. The van der Waals surface area contributed by atoms with Crippen molar-refractivity contribution in [2.75, 3.05) is 20.2 Å². The highest BCUT2D eigenvalue weighted by Crippen LogP contribution is 2.33. The molecule has 28 heavy (non-hydrogen) atoms. The van der Waals surface area contributed by atoms with Crippen molar-refractivity contribution in [2.24, 2.45) is 0 Å². The van der Waals surface area contributed by atoms with E-state index in [1.165, 1.54) is 11.3 Å². The number of likely N-dealkylation sites (tertiary alicyclic amines) is 1. The van der Waals surface area contributed by atoms with Gasteiger partial charge in [-0.1, -0.05) is 6.07 Å². The van der Waals surface area contributed by atoms with Crippen LogP contribution in [0.2, 0.25) is 0 Å². The standard InChI is InChI=1S/C22H28N4O2/c1-15(2)28-19-7-6-16(13-20(19)27-3)14-26-11-8-17(9-12-26)21-18-5-4-10-23-22(18)25-24-21/h4-7,10,13,15,17H,8-9,11-12,14H2,1-3H3,(H,23,24,25). The Hall–Kier alpha value is -2.60. The zero-order chi connectivity index (χ0) is 19.5. The third kappa shape index (κ3) is 3.97. The van der Waals surface area contributed by atoms with Gasteiger partial charge in [0.1, 0.15) is 0 Å². The molecule has 0 spiro atoms. The van der Waals surface area contributed by atoms with Crippen molar-refractivity contribution >= 4 is 11.0 Å². The first kappa shape index (κ1) is 18.7. The van der Waals surface area contributed by atoms with E-state index in [2.05, 4.69) is 38.3 Å². The molecule has 4 rings (SSSR count). The van der Waals surface area contributed by atoms with E-state index in [0.29, 0.717) is 5.92 Å². The Kier molecular flexibility index (Phi) is 5.48. The summed E-state index contributed by atoms with van der Waals surface area (Å²) >= 11 is 0. The molecule has 0 bridgehead atoms. The molecule has 0 atom stereocenters. The fraction of sp³-hybridized carbons (Fsp3) is 0.455. The maximum atomic E-state index is 5.82. The van der Waals surface area contributed by atoms with Gasteiger partial charge in [0.2, 0.25) is 0 Å². The quantitative estimate of drug-likeness (QED) is 0.696. The van der Waals surface area contributed by atoms with Crippen molar-refractivity contribution in [3.05, 3.63) is 47.8 Å². The largest absolute Gasteiger partial charge is 0.493 e. The lowest BCUT2D eigenvalue weighted by Crippen LogP contribution is -2.32. The van der Waals surface area contributed by atoms with Crippen LogP contribution in [-0.4, -0.2) is 46.4 Å². The van der Waals surface area contributed by atoms with E-state index < -0.39 is 0 Å². The highest BCUT2D eigenvalue weighted by Gasteiger charge is 2.24. The minimum Gasteiger partial charge on any atom is -0.493 e. The van der Waals surface area contributed by atoms with Crippen LogP contribution < -0.4 is 9.47 Å². The second kappa shape index (κ2) is 8.19. The molecule has 0 amide bonds. The molecular weight excluding hydrogens is 352 g/mol. The van der Waals surface area contributed by atoms with Gasteiger partial charge in [-0.2, -0.15) is 5.10 Å². The van der Waals surface area contributed by atoms with E-state index in [-0.39, 0.29) is 6.10 Å². The smallest absolute Gasteiger partial charge is 0.181 e. The lowest BCUT2D eigenvalue weighted by Gasteiger charge is -2.31. The maximum Gasteiger partial charge on any atom is 0.181 e. The molecule has 6 heteroatoms. The summed E-state index contributed by atoms with van der Waals surface area (Å²) in [5.74, 6) is 2.12. The van der Waals surface area contributed by atoms with Gasteiger partial charge in [-0.25, -0.2) is 4.98 Å². The average molecular weight is 380 g/mol. The molecule has 3 heterocycles. The topological polar surface area (TPSA) is 63.3 Å². The highest BCUT2D eigenvalue weighted by molar-refractivity contribution is 5.77. The normalized spacial score (nSPS) is 16.0. The Morgan fingerprint density at radius 2 is 2.00 bits per heavy atom. The molecule has 1 fully saturated rings. The third-order valence-corrected chi connectivity index (χ3v) is 5.35. The number of pyridine rings is 1. The SMILES string of the molecule is COc1cc(CN2CCC(c3[nH]nc4ncccc34)CC2)ccc1OC(C)C. The van der Waals surface area contributed by atoms with Crippen molar-refractivity contribution in [1.29, 1.82) is 0 Å². The number of methoxy groups -OCH3 is 1. The molecule has 1 N–H and O–H groups in total. The summed E-state index contributed by atoms with van der Waals surface area (Å²) in [7, 11) is 1.70. The van der Waals surface area contributed by atoms with Gasteiger partial charge in [0.15, 0.2) is 17.1 Å². The van der Waals surface area contributed by atoms with Crippen molar-refractivity contribution in [2.45, 2.75) is 45.3 Å². The lowest BCUT2D eigenvalue weighted by atomic mass is 9.92. The Morgan fingerprint density at radius 3 is 2.75 bits per heavy atom. The Bertz CT molecular complexity index is 929. The second-order valence-corrected chi connectivity index (χ2v) is 7.71. The molecule has 0 saturated carbocycles. The molecule has 0 radical (unpaired) electrons. The molecule has 0 unspecified atom stereocenters. The van der Waals surface area contributed by atoms with E-state index in [0.717, 1.165) is 55.0 Å². The van der Waals surface area contributed by atoms with Gasteiger partial charge in [-0.3, -0.25) is 10.00 Å². The van der Waals surface area contributed by atoms with Gasteiger partial charge >= 0.3 is 0 Å². The summed E-state index contributed by atoms with van der Waals surface area (Å²) in [6, 6.07) is 10.3. The molecule has 3 aromatic rings. The monoisotopic (exact) mass is 380 g/mol. The van der Waals surface area contributed by atoms with Crippen LogP contribution in [0.5, 0.6) is 11.5 Å². The van der Waals surface area contributed by atoms with Crippen LogP contribution in [0.4, 0.5) is 0 Å².